The van der Waals surface area contributed by atoms with Crippen molar-refractivity contribution in [1.29, 1.82) is 0 Å². The fourth-order valence-electron chi connectivity index (χ4n) is 7.41. The average molecular weight is 524 g/mol. The fraction of sp³-hybridized carbons (Fsp3) is 0.700. The number of carbonyl (C=O) groups excluding carboxylic acids is 3. The summed E-state index contributed by atoms with van der Waals surface area (Å²) in [5.41, 5.74) is 8.58. The Morgan fingerprint density at radius 3 is 2.16 bits per heavy atom. The zero-order chi connectivity index (χ0) is 27.0. The van der Waals surface area contributed by atoms with Gasteiger partial charge in [-0.05, 0) is 58.6 Å². The largest absolute Gasteiger partial charge is 0.371 e. The minimum atomic E-state index is -0.127. The number of hydrogen-bond donors (Lipinski definition) is 2. The van der Waals surface area contributed by atoms with Gasteiger partial charge in [-0.25, -0.2) is 0 Å². The van der Waals surface area contributed by atoms with Gasteiger partial charge in [0.2, 0.25) is 5.91 Å². The number of hydrogen-bond acceptors (Lipinski definition) is 6. The maximum Gasteiger partial charge on any atom is 0.263 e. The number of nitrogens with zero attached hydrogens (tertiary/aromatic N) is 3. The number of hydrazine groups is 1. The number of imide groups is 1. The van der Waals surface area contributed by atoms with E-state index in [-0.39, 0.29) is 35.7 Å². The monoisotopic (exact) mass is 523 g/mol. The van der Waals surface area contributed by atoms with Gasteiger partial charge < -0.3 is 9.80 Å². The molecule has 3 aliphatic heterocycles. The van der Waals surface area contributed by atoms with Crippen LogP contribution in [-0.4, -0.2) is 71.8 Å². The van der Waals surface area contributed by atoms with Crippen molar-refractivity contribution >= 4 is 23.4 Å². The van der Waals surface area contributed by atoms with Crippen LogP contribution in [0, 0.1) is 11.8 Å². The van der Waals surface area contributed by atoms with Gasteiger partial charge in [0.1, 0.15) is 0 Å². The van der Waals surface area contributed by atoms with Crippen LogP contribution in [0.4, 0.5) is 5.69 Å². The number of amides is 3. The van der Waals surface area contributed by atoms with E-state index >= 15 is 0 Å². The van der Waals surface area contributed by atoms with Crippen LogP contribution >= 0.6 is 0 Å². The molecule has 8 nitrogen and oxygen atoms in total. The smallest absolute Gasteiger partial charge is 0.263 e. The topological polar surface area (TPSA) is 85.0 Å². The van der Waals surface area contributed by atoms with E-state index in [0.29, 0.717) is 42.2 Å². The van der Waals surface area contributed by atoms with Crippen molar-refractivity contribution in [2.24, 2.45) is 11.8 Å². The highest BCUT2D eigenvalue weighted by Crippen LogP contribution is 2.37. The summed E-state index contributed by atoms with van der Waals surface area (Å²) < 4.78 is 0. The molecule has 8 heteroatoms. The highest BCUT2D eigenvalue weighted by Gasteiger charge is 2.43. The summed E-state index contributed by atoms with van der Waals surface area (Å²) >= 11 is 0. The average Bonchev–Trinajstić information content (AvgIpc) is 3.37. The number of fused-ring (bicyclic) bond motifs is 1. The Kier molecular flexibility index (Phi) is 8.10. The minimum Gasteiger partial charge on any atom is -0.371 e. The maximum atomic E-state index is 13.7. The standard InChI is InChI=1S/C30H45N5O3/c1-19-26(20(2)32-31-19)21(3)33(4)28(36)22-15-17-34(18-16-22)25-14-10-13-24-27(25)30(38)35(29(24)37)23-11-8-6-5-7-9-12-23/h10,13-14,19-23,26,31-32H,5-9,11-12,15-18H2,1-4H3. The molecule has 0 bridgehead atoms. The Bertz CT molecular complexity index is 1030. The van der Waals surface area contributed by atoms with E-state index in [2.05, 4.69) is 36.5 Å². The molecule has 1 aliphatic carbocycles. The lowest BCUT2D eigenvalue weighted by Gasteiger charge is -2.38. The maximum absolute atomic E-state index is 13.7. The van der Waals surface area contributed by atoms with Gasteiger partial charge in [0.05, 0.1) is 16.8 Å². The van der Waals surface area contributed by atoms with E-state index in [9.17, 15) is 14.4 Å². The quantitative estimate of drug-likeness (QED) is 0.569. The van der Waals surface area contributed by atoms with Crippen LogP contribution in [-0.2, 0) is 4.79 Å². The molecule has 0 spiro atoms. The Morgan fingerprint density at radius 1 is 0.921 bits per heavy atom. The van der Waals surface area contributed by atoms with E-state index in [1.807, 2.05) is 30.1 Å². The molecule has 3 amide bonds. The number of rotatable bonds is 5. The molecule has 3 atom stereocenters. The van der Waals surface area contributed by atoms with Gasteiger partial charge in [-0.2, -0.15) is 0 Å². The van der Waals surface area contributed by atoms with Crippen molar-refractivity contribution in [3.8, 4) is 0 Å². The number of benzene rings is 1. The first-order valence-electron chi connectivity index (χ1n) is 14.8. The summed E-state index contributed by atoms with van der Waals surface area (Å²) in [6.07, 6.45) is 9.07. The van der Waals surface area contributed by atoms with Gasteiger partial charge in [0.25, 0.3) is 11.8 Å². The van der Waals surface area contributed by atoms with Crippen molar-refractivity contribution in [2.75, 3.05) is 25.0 Å². The molecule has 3 fully saturated rings. The van der Waals surface area contributed by atoms with Gasteiger partial charge in [-0.15, -0.1) is 0 Å². The predicted octanol–water partition coefficient (Wildman–Crippen LogP) is 3.96. The molecule has 38 heavy (non-hydrogen) atoms. The SMILES string of the molecule is CC1NNC(C)C1C(C)N(C)C(=O)C1CCN(c2cccc3c2C(=O)N(C2CCCCCCC2)C3=O)CC1. The van der Waals surface area contributed by atoms with E-state index in [1.165, 1.54) is 19.3 Å². The van der Waals surface area contributed by atoms with Crippen molar-refractivity contribution in [3.05, 3.63) is 29.3 Å². The van der Waals surface area contributed by atoms with Crippen molar-refractivity contribution in [2.45, 2.75) is 103 Å². The third-order valence-electron chi connectivity index (χ3n) is 9.76. The van der Waals surface area contributed by atoms with Gasteiger partial charge in [0, 0.05) is 56.1 Å². The molecule has 5 rings (SSSR count). The summed E-state index contributed by atoms with van der Waals surface area (Å²) in [7, 11) is 1.94. The third-order valence-corrected chi connectivity index (χ3v) is 9.76. The van der Waals surface area contributed by atoms with Crippen LogP contribution < -0.4 is 15.8 Å². The normalized spacial score (nSPS) is 28.3. The first-order chi connectivity index (χ1) is 18.3. The van der Waals surface area contributed by atoms with Gasteiger partial charge in [-0.3, -0.25) is 30.1 Å². The number of anilines is 1. The van der Waals surface area contributed by atoms with Crippen molar-refractivity contribution < 1.29 is 14.4 Å². The van der Waals surface area contributed by atoms with Gasteiger partial charge in [-0.1, -0.05) is 38.2 Å². The molecule has 1 aromatic rings. The van der Waals surface area contributed by atoms with Crippen molar-refractivity contribution in [3.63, 3.8) is 0 Å². The molecule has 2 N–H and O–H groups in total. The van der Waals surface area contributed by atoms with Crippen LogP contribution in [0.2, 0.25) is 0 Å². The minimum absolute atomic E-state index is 0.00661. The fourth-order valence-corrected chi connectivity index (χ4v) is 7.41. The number of carbonyl (C=O) groups is 3. The Morgan fingerprint density at radius 2 is 1.53 bits per heavy atom. The molecule has 1 saturated carbocycles. The summed E-state index contributed by atoms with van der Waals surface area (Å²) in [5, 5.41) is 0. The Balaban J connectivity index is 1.26. The lowest BCUT2D eigenvalue weighted by molar-refractivity contribution is -0.137. The van der Waals surface area contributed by atoms with Crippen LogP contribution in [0.1, 0.15) is 99.3 Å². The molecule has 208 valence electrons. The first kappa shape index (κ1) is 27.1. The number of piperidine rings is 1. The molecule has 4 aliphatic rings. The second kappa shape index (κ2) is 11.3. The van der Waals surface area contributed by atoms with Gasteiger partial charge >= 0.3 is 0 Å². The molecule has 0 radical (unpaired) electrons. The molecule has 0 aromatic heterocycles. The molecular formula is C30H45N5O3. The van der Waals surface area contributed by atoms with E-state index in [1.54, 1.807) is 4.90 Å². The van der Waals surface area contributed by atoms with Crippen LogP contribution in [0.25, 0.3) is 0 Å². The Labute approximate surface area is 227 Å². The molecule has 3 unspecified atom stereocenters. The highest BCUT2D eigenvalue weighted by atomic mass is 16.2. The zero-order valence-corrected chi connectivity index (χ0v) is 23.5. The lowest BCUT2D eigenvalue weighted by atomic mass is 9.87. The molecule has 1 aromatic carbocycles. The zero-order valence-electron chi connectivity index (χ0n) is 23.5. The second-order valence-electron chi connectivity index (χ2n) is 12.1. The summed E-state index contributed by atoms with van der Waals surface area (Å²) in [4.78, 5) is 46.3. The Hall–Kier alpha value is -2.45. The summed E-state index contributed by atoms with van der Waals surface area (Å²) in [6, 6.07) is 6.44. The van der Waals surface area contributed by atoms with Crippen LogP contribution in [0.5, 0.6) is 0 Å². The summed E-state index contributed by atoms with van der Waals surface area (Å²) in [5.74, 6) is 0.285. The van der Waals surface area contributed by atoms with Crippen molar-refractivity contribution in [1.82, 2.24) is 20.7 Å². The van der Waals surface area contributed by atoms with E-state index < -0.39 is 0 Å². The third kappa shape index (κ3) is 4.97. The molecule has 3 heterocycles. The van der Waals surface area contributed by atoms with Gasteiger partial charge in [0.15, 0.2) is 0 Å². The highest BCUT2D eigenvalue weighted by molar-refractivity contribution is 6.24. The molecule has 2 saturated heterocycles. The number of nitrogens with one attached hydrogen (secondary N) is 2. The summed E-state index contributed by atoms with van der Waals surface area (Å²) in [6.45, 7) is 7.89. The second-order valence-corrected chi connectivity index (χ2v) is 12.1. The lowest BCUT2D eigenvalue weighted by Crippen LogP contribution is -2.49. The van der Waals surface area contributed by atoms with Crippen LogP contribution in [0.15, 0.2) is 18.2 Å². The first-order valence-corrected chi connectivity index (χ1v) is 14.8. The van der Waals surface area contributed by atoms with Crippen LogP contribution in [0.3, 0.4) is 0 Å². The van der Waals surface area contributed by atoms with E-state index in [4.69, 9.17) is 0 Å². The predicted molar refractivity (Wildman–Crippen MR) is 149 cm³/mol. The van der Waals surface area contributed by atoms with E-state index in [0.717, 1.165) is 44.2 Å². The molecular weight excluding hydrogens is 478 g/mol.